The molecule has 0 aromatic carbocycles. The molecule has 8 heteroatoms. The van der Waals surface area contributed by atoms with Crippen LogP contribution >= 0.6 is 11.3 Å². The van der Waals surface area contributed by atoms with E-state index < -0.39 is 0 Å². The van der Waals surface area contributed by atoms with Gasteiger partial charge in [-0.2, -0.15) is 15.0 Å². The van der Waals surface area contributed by atoms with Crippen molar-refractivity contribution in [1.82, 2.24) is 19.9 Å². The molecule has 2 aromatic rings. The average Bonchev–Trinajstić information content (AvgIpc) is 2.85. The molecule has 0 unspecified atom stereocenters. The van der Waals surface area contributed by atoms with Gasteiger partial charge < -0.3 is 15.4 Å². The highest BCUT2D eigenvalue weighted by Gasteiger charge is 2.07. The van der Waals surface area contributed by atoms with E-state index in [-0.39, 0.29) is 0 Å². The van der Waals surface area contributed by atoms with Crippen LogP contribution in [0, 0.1) is 6.92 Å². The summed E-state index contributed by atoms with van der Waals surface area (Å²) in [5.41, 5.74) is 1.06. The molecule has 2 aromatic heterocycles. The van der Waals surface area contributed by atoms with Gasteiger partial charge in [-0.15, -0.1) is 11.3 Å². The van der Waals surface area contributed by atoms with E-state index in [4.69, 9.17) is 4.74 Å². The van der Waals surface area contributed by atoms with E-state index in [0.717, 1.165) is 23.7 Å². The van der Waals surface area contributed by atoms with Crippen molar-refractivity contribution in [2.45, 2.75) is 27.2 Å². The summed E-state index contributed by atoms with van der Waals surface area (Å²) < 4.78 is 5.35. The van der Waals surface area contributed by atoms with Crippen LogP contribution in [0.1, 0.15) is 24.5 Å². The lowest BCUT2D eigenvalue weighted by Crippen LogP contribution is -2.12. The maximum atomic E-state index is 5.35. The van der Waals surface area contributed by atoms with Crippen molar-refractivity contribution in [2.75, 3.05) is 30.3 Å². The number of nitrogens with zero attached hydrogens (tertiary/aromatic N) is 4. The Morgan fingerprint density at radius 1 is 1.10 bits per heavy atom. The number of aryl methyl sites for hydroxylation is 1. The maximum absolute atomic E-state index is 5.35. The molecule has 2 heterocycles. The van der Waals surface area contributed by atoms with Gasteiger partial charge in [0.05, 0.1) is 11.6 Å². The number of ether oxygens (including phenoxy) is 1. The van der Waals surface area contributed by atoms with E-state index in [1.54, 1.807) is 11.3 Å². The third-order valence-corrected chi connectivity index (χ3v) is 3.54. The molecule has 114 valence electrons. The first-order chi connectivity index (χ1) is 10.2. The average molecular weight is 308 g/mol. The van der Waals surface area contributed by atoms with Gasteiger partial charge in [-0.1, -0.05) is 0 Å². The molecule has 2 rings (SSSR count). The molecule has 0 aliphatic rings. The van der Waals surface area contributed by atoms with Gasteiger partial charge in [0.25, 0.3) is 0 Å². The highest BCUT2D eigenvalue weighted by atomic mass is 32.1. The van der Waals surface area contributed by atoms with Crippen LogP contribution < -0.4 is 15.4 Å². The topological polar surface area (TPSA) is 84.9 Å². The molecule has 0 spiro atoms. The standard InChI is InChI=1S/C13H20N6OS/c1-4-14-11-17-12(19-13(18-11)20-5-2)15-7-6-10-16-9(3)8-21-10/h8H,4-7H2,1-3H3,(H2,14,15,17,18,19). The lowest BCUT2D eigenvalue weighted by molar-refractivity contribution is 0.312. The predicted molar refractivity (Wildman–Crippen MR) is 84.2 cm³/mol. The van der Waals surface area contributed by atoms with Gasteiger partial charge in [0.15, 0.2) is 0 Å². The predicted octanol–water partition coefficient (Wildman–Crippen LogP) is 2.12. The number of nitrogens with one attached hydrogen (secondary N) is 2. The van der Waals surface area contributed by atoms with Crippen molar-refractivity contribution in [3.05, 3.63) is 16.1 Å². The second-order valence-electron chi connectivity index (χ2n) is 4.29. The second kappa shape index (κ2) is 7.72. The number of anilines is 2. The van der Waals surface area contributed by atoms with Crippen molar-refractivity contribution < 1.29 is 4.74 Å². The SMILES string of the molecule is CCNc1nc(NCCc2nc(C)cs2)nc(OCC)n1. The second-order valence-corrected chi connectivity index (χ2v) is 5.23. The normalized spacial score (nSPS) is 10.4. The van der Waals surface area contributed by atoms with Crippen LogP contribution in [-0.2, 0) is 6.42 Å². The molecule has 0 aliphatic carbocycles. The van der Waals surface area contributed by atoms with Crippen molar-refractivity contribution in [1.29, 1.82) is 0 Å². The maximum Gasteiger partial charge on any atom is 0.323 e. The summed E-state index contributed by atoms with van der Waals surface area (Å²) >= 11 is 1.67. The Kier molecular flexibility index (Phi) is 5.68. The lowest BCUT2D eigenvalue weighted by Gasteiger charge is -2.08. The number of hydrogen-bond acceptors (Lipinski definition) is 8. The van der Waals surface area contributed by atoms with Crippen LogP contribution in [-0.4, -0.2) is 39.6 Å². The number of thiazole rings is 1. The zero-order valence-electron chi connectivity index (χ0n) is 12.5. The molecule has 0 aliphatic heterocycles. The summed E-state index contributed by atoms with van der Waals surface area (Å²) in [7, 11) is 0. The van der Waals surface area contributed by atoms with Crippen LogP contribution in [0.3, 0.4) is 0 Å². The molecular weight excluding hydrogens is 288 g/mol. The summed E-state index contributed by atoms with van der Waals surface area (Å²) in [6, 6.07) is 0.330. The van der Waals surface area contributed by atoms with Crippen LogP contribution in [0.2, 0.25) is 0 Å². The zero-order valence-corrected chi connectivity index (χ0v) is 13.3. The Balaban J connectivity index is 1.97. The Labute approximate surface area is 128 Å². The number of aromatic nitrogens is 4. The molecule has 0 saturated heterocycles. The van der Waals surface area contributed by atoms with Crippen LogP contribution in [0.15, 0.2) is 5.38 Å². The van der Waals surface area contributed by atoms with Crippen molar-refractivity contribution in [3.8, 4) is 6.01 Å². The van der Waals surface area contributed by atoms with Crippen LogP contribution in [0.25, 0.3) is 0 Å². The summed E-state index contributed by atoms with van der Waals surface area (Å²) in [5, 5.41) is 9.40. The fourth-order valence-corrected chi connectivity index (χ4v) is 2.44. The largest absolute Gasteiger partial charge is 0.464 e. The highest BCUT2D eigenvalue weighted by Crippen LogP contribution is 2.12. The van der Waals surface area contributed by atoms with Gasteiger partial charge in [0.2, 0.25) is 11.9 Å². The summed E-state index contributed by atoms with van der Waals surface area (Å²) in [6.45, 7) is 7.86. The summed E-state index contributed by atoms with van der Waals surface area (Å²) in [4.78, 5) is 17.1. The van der Waals surface area contributed by atoms with E-state index in [2.05, 4.69) is 35.9 Å². The Morgan fingerprint density at radius 2 is 1.86 bits per heavy atom. The van der Waals surface area contributed by atoms with Crippen molar-refractivity contribution >= 4 is 23.2 Å². The summed E-state index contributed by atoms with van der Waals surface area (Å²) in [6.07, 6.45) is 0.838. The zero-order chi connectivity index (χ0) is 15.1. The Bertz CT molecular complexity index is 549. The van der Waals surface area contributed by atoms with Crippen LogP contribution in [0.4, 0.5) is 11.9 Å². The third kappa shape index (κ3) is 4.82. The van der Waals surface area contributed by atoms with E-state index in [9.17, 15) is 0 Å². The molecule has 2 N–H and O–H groups in total. The van der Waals surface area contributed by atoms with Gasteiger partial charge in [-0.25, -0.2) is 4.98 Å². The molecule has 0 saturated carbocycles. The van der Waals surface area contributed by atoms with Gasteiger partial charge in [0, 0.05) is 30.6 Å². The van der Waals surface area contributed by atoms with E-state index in [0.29, 0.717) is 31.1 Å². The molecule has 0 atom stereocenters. The number of hydrogen-bond donors (Lipinski definition) is 2. The summed E-state index contributed by atoms with van der Waals surface area (Å²) in [5.74, 6) is 1.03. The van der Waals surface area contributed by atoms with Crippen LogP contribution in [0.5, 0.6) is 6.01 Å². The first-order valence-electron chi connectivity index (χ1n) is 6.99. The van der Waals surface area contributed by atoms with E-state index >= 15 is 0 Å². The van der Waals surface area contributed by atoms with Gasteiger partial charge in [0.1, 0.15) is 0 Å². The van der Waals surface area contributed by atoms with E-state index in [1.807, 2.05) is 20.8 Å². The van der Waals surface area contributed by atoms with Crippen molar-refractivity contribution in [2.24, 2.45) is 0 Å². The minimum atomic E-state index is 0.330. The fourth-order valence-electron chi connectivity index (χ4n) is 1.67. The molecule has 0 fully saturated rings. The molecule has 7 nitrogen and oxygen atoms in total. The fraction of sp³-hybridized carbons (Fsp3) is 0.538. The number of rotatable bonds is 8. The van der Waals surface area contributed by atoms with Crippen molar-refractivity contribution in [3.63, 3.8) is 0 Å². The smallest absolute Gasteiger partial charge is 0.323 e. The minimum Gasteiger partial charge on any atom is -0.464 e. The Morgan fingerprint density at radius 3 is 2.48 bits per heavy atom. The van der Waals surface area contributed by atoms with Gasteiger partial charge >= 0.3 is 6.01 Å². The first kappa shape index (κ1) is 15.4. The molecule has 21 heavy (non-hydrogen) atoms. The quantitative estimate of drug-likeness (QED) is 0.772. The highest BCUT2D eigenvalue weighted by molar-refractivity contribution is 7.09. The van der Waals surface area contributed by atoms with Gasteiger partial charge in [-0.05, 0) is 20.8 Å². The Hall–Kier alpha value is -1.96. The molecule has 0 bridgehead atoms. The van der Waals surface area contributed by atoms with Gasteiger partial charge in [-0.3, -0.25) is 0 Å². The molecule has 0 radical (unpaired) electrons. The van der Waals surface area contributed by atoms with E-state index in [1.165, 1.54) is 0 Å². The third-order valence-electron chi connectivity index (χ3n) is 2.51. The lowest BCUT2D eigenvalue weighted by atomic mass is 10.4. The monoisotopic (exact) mass is 308 g/mol. The first-order valence-corrected chi connectivity index (χ1v) is 7.86. The molecular formula is C13H20N6OS. The minimum absolute atomic E-state index is 0.330. The molecule has 0 amide bonds.